The van der Waals surface area contributed by atoms with Crippen molar-refractivity contribution >= 4 is 11.6 Å². The third-order valence-corrected chi connectivity index (χ3v) is 2.80. The molecule has 1 unspecified atom stereocenters. The fourth-order valence-electron chi connectivity index (χ4n) is 1.98. The van der Waals surface area contributed by atoms with Crippen LogP contribution in [0, 0.1) is 0 Å². The molecule has 0 aromatic heterocycles. The van der Waals surface area contributed by atoms with E-state index < -0.39 is 0 Å². The van der Waals surface area contributed by atoms with Gasteiger partial charge in [-0.25, -0.2) is 0 Å². The first-order valence-corrected chi connectivity index (χ1v) is 4.76. The zero-order chi connectivity index (χ0) is 10.1. The number of fused-ring (bicyclic) bond motifs is 1. The number of rotatable bonds is 1. The van der Waals surface area contributed by atoms with Gasteiger partial charge in [-0.3, -0.25) is 4.79 Å². The summed E-state index contributed by atoms with van der Waals surface area (Å²) in [6.07, 6.45) is 0.812. The van der Waals surface area contributed by atoms with Crippen LogP contribution < -0.4 is 10.2 Å². The highest BCUT2D eigenvalue weighted by Gasteiger charge is 2.30. The second kappa shape index (κ2) is 3.33. The van der Waals surface area contributed by atoms with E-state index >= 15 is 0 Å². The Kier molecular flexibility index (Phi) is 2.15. The molecule has 74 valence electrons. The number of nitrogens with zero attached hydrogens (tertiary/aromatic N) is 1. The van der Waals surface area contributed by atoms with E-state index in [0.29, 0.717) is 0 Å². The summed E-state index contributed by atoms with van der Waals surface area (Å²) in [4.78, 5) is 13.6. The van der Waals surface area contributed by atoms with Gasteiger partial charge in [0.1, 0.15) is 6.04 Å². The van der Waals surface area contributed by atoms with Gasteiger partial charge in [-0.1, -0.05) is 18.2 Å². The Bertz CT molecular complexity index is 362. The van der Waals surface area contributed by atoms with Crippen molar-refractivity contribution in [2.24, 2.45) is 0 Å². The molecule has 0 spiro atoms. The number of likely N-dealkylation sites (N-methyl/N-ethyl adjacent to an activating group) is 2. The van der Waals surface area contributed by atoms with E-state index in [1.807, 2.05) is 24.1 Å². The molecule has 0 saturated carbocycles. The molecule has 0 aliphatic carbocycles. The van der Waals surface area contributed by atoms with Gasteiger partial charge in [0.15, 0.2) is 0 Å². The van der Waals surface area contributed by atoms with Gasteiger partial charge >= 0.3 is 0 Å². The lowest BCUT2D eigenvalue weighted by Crippen LogP contribution is -2.42. The molecule has 3 heteroatoms. The molecule has 1 atom stereocenters. The number of carbonyl (C=O) groups excluding carboxylic acids is 1. The second-order valence-electron chi connectivity index (χ2n) is 3.57. The van der Waals surface area contributed by atoms with Crippen LogP contribution in [0.4, 0.5) is 5.69 Å². The van der Waals surface area contributed by atoms with Crippen molar-refractivity contribution in [3.05, 3.63) is 29.8 Å². The Morgan fingerprint density at radius 2 is 2.21 bits per heavy atom. The van der Waals surface area contributed by atoms with Crippen LogP contribution in [-0.2, 0) is 11.2 Å². The van der Waals surface area contributed by atoms with Crippen LogP contribution in [0.5, 0.6) is 0 Å². The molecule has 3 nitrogen and oxygen atoms in total. The van der Waals surface area contributed by atoms with Crippen molar-refractivity contribution in [1.29, 1.82) is 0 Å². The van der Waals surface area contributed by atoms with Gasteiger partial charge in [0.25, 0.3) is 0 Å². The Balaban J connectivity index is 2.30. The van der Waals surface area contributed by atoms with Crippen LogP contribution >= 0.6 is 0 Å². The zero-order valence-corrected chi connectivity index (χ0v) is 8.45. The highest BCUT2D eigenvalue weighted by atomic mass is 16.2. The first-order chi connectivity index (χ1) is 6.74. The minimum atomic E-state index is -0.0441. The molecule has 0 fully saturated rings. The summed E-state index contributed by atoms with van der Waals surface area (Å²) >= 11 is 0. The summed E-state index contributed by atoms with van der Waals surface area (Å²) in [5.41, 5.74) is 2.42. The zero-order valence-electron chi connectivity index (χ0n) is 8.45. The third-order valence-electron chi connectivity index (χ3n) is 2.80. The molecule has 0 bridgehead atoms. The third kappa shape index (κ3) is 1.25. The van der Waals surface area contributed by atoms with E-state index in [-0.39, 0.29) is 11.9 Å². The van der Waals surface area contributed by atoms with Crippen LogP contribution in [0.3, 0.4) is 0 Å². The Labute approximate surface area is 83.7 Å². The number of para-hydroxylation sites is 1. The molecule has 2 rings (SSSR count). The number of carbonyl (C=O) groups is 1. The van der Waals surface area contributed by atoms with E-state index in [0.717, 1.165) is 6.42 Å². The minimum absolute atomic E-state index is 0.0441. The largest absolute Gasteiger partial charge is 0.362 e. The first-order valence-electron chi connectivity index (χ1n) is 4.76. The standard InChI is InChI=1S/C11H14N2O/c1-12-11(14)10-7-8-5-3-4-6-9(8)13(10)2/h3-6,10H,7H2,1-2H3,(H,12,14). The number of amides is 1. The van der Waals surface area contributed by atoms with Gasteiger partial charge < -0.3 is 10.2 Å². The molecule has 1 aromatic carbocycles. The molecule has 1 aliphatic heterocycles. The van der Waals surface area contributed by atoms with Crippen molar-refractivity contribution in [2.45, 2.75) is 12.5 Å². The van der Waals surface area contributed by atoms with E-state index in [2.05, 4.69) is 17.4 Å². The maximum absolute atomic E-state index is 11.5. The second-order valence-corrected chi connectivity index (χ2v) is 3.57. The van der Waals surface area contributed by atoms with Gasteiger partial charge in [0, 0.05) is 26.2 Å². The van der Waals surface area contributed by atoms with Crippen LogP contribution in [0.15, 0.2) is 24.3 Å². The SMILES string of the molecule is CNC(=O)C1Cc2ccccc2N1C. The number of hydrogen-bond acceptors (Lipinski definition) is 2. The molecule has 1 N–H and O–H groups in total. The lowest BCUT2D eigenvalue weighted by atomic mass is 10.1. The lowest BCUT2D eigenvalue weighted by Gasteiger charge is -2.20. The fourth-order valence-corrected chi connectivity index (χ4v) is 1.98. The molecule has 0 radical (unpaired) electrons. The van der Waals surface area contributed by atoms with E-state index in [1.165, 1.54) is 11.3 Å². The first kappa shape index (κ1) is 9.06. The van der Waals surface area contributed by atoms with Crippen molar-refractivity contribution in [3.8, 4) is 0 Å². The van der Waals surface area contributed by atoms with Gasteiger partial charge in [-0.2, -0.15) is 0 Å². The monoisotopic (exact) mass is 190 g/mol. The van der Waals surface area contributed by atoms with Crippen molar-refractivity contribution < 1.29 is 4.79 Å². The predicted octanol–water partition coefficient (Wildman–Crippen LogP) is 0.793. The molecule has 14 heavy (non-hydrogen) atoms. The maximum atomic E-state index is 11.5. The topological polar surface area (TPSA) is 32.3 Å². The molecule has 1 aliphatic rings. The van der Waals surface area contributed by atoms with Crippen LogP contribution in [0.2, 0.25) is 0 Å². The summed E-state index contributed by atoms with van der Waals surface area (Å²) in [7, 11) is 3.64. The molecule has 1 amide bonds. The highest BCUT2D eigenvalue weighted by Crippen LogP contribution is 2.30. The van der Waals surface area contributed by atoms with Crippen molar-refractivity contribution in [3.63, 3.8) is 0 Å². The fraction of sp³-hybridized carbons (Fsp3) is 0.364. The quantitative estimate of drug-likeness (QED) is 0.710. The Hall–Kier alpha value is -1.51. The molecule has 1 heterocycles. The smallest absolute Gasteiger partial charge is 0.242 e. The Morgan fingerprint density at radius 3 is 2.86 bits per heavy atom. The molecular weight excluding hydrogens is 176 g/mol. The minimum Gasteiger partial charge on any atom is -0.362 e. The van der Waals surface area contributed by atoms with E-state index in [1.54, 1.807) is 7.05 Å². The van der Waals surface area contributed by atoms with E-state index in [4.69, 9.17) is 0 Å². The molecule has 0 saturated heterocycles. The molecule has 1 aromatic rings. The average Bonchev–Trinajstić information content (AvgIpc) is 2.56. The number of anilines is 1. The van der Waals surface area contributed by atoms with Crippen molar-refractivity contribution in [2.75, 3.05) is 19.0 Å². The summed E-state index contributed by atoms with van der Waals surface area (Å²) in [5.74, 6) is 0.0868. The average molecular weight is 190 g/mol. The predicted molar refractivity (Wildman–Crippen MR) is 56.4 cm³/mol. The lowest BCUT2D eigenvalue weighted by molar-refractivity contribution is -0.121. The summed E-state index contributed by atoms with van der Waals surface area (Å²) < 4.78 is 0. The van der Waals surface area contributed by atoms with Crippen LogP contribution in [0.25, 0.3) is 0 Å². The van der Waals surface area contributed by atoms with Gasteiger partial charge in [0.05, 0.1) is 0 Å². The normalized spacial score (nSPS) is 19.3. The molecular formula is C11H14N2O. The Morgan fingerprint density at radius 1 is 1.50 bits per heavy atom. The highest BCUT2D eigenvalue weighted by molar-refractivity contribution is 5.87. The number of hydrogen-bond donors (Lipinski definition) is 1. The van der Waals surface area contributed by atoms with Gasteiger partial charge in [-0.05, 0) is 11.6 Å². The summed E-state index contributed by atoms with van der Waals surface area (Å²) in [5, 5.41) is 2.69. The van der Waals surface area contributed by atoms with Gasteiger partial charge in [-0.15, -0.1) is 0 Å². The summed E-state index contributed by atoms with van der Waals surface area (Å²) in [6, 6.07) is 8.10. The van der Waals surface area contributed by atoms with Crippen molar-refractivity contribution in [1.82, 2.24) is 5.32 Å². The van der Waals surface area contributed by atoms with Gasteiger partial charge in [0.2, 0.25) is 5.91 Å². The van der Waals surface area contributed by atoms with Crippen LogP contribution in [-0.4, -0.2) is 26.0 Å². The van der Waals surface area contributed by atoms with Crippen LogP contribution in [0.1, 0.15) is 5.56 Å². The number of benzene rings is 1. The number of nitrogens with one attached hydrogen (secondary N) is 1. The van der Waals surface area contributed by atoms with E-state index in [9.17, 15) is 4.79 Å². The maximum Gasteiger partial charge on any atom is 0.242 e. The summed E-state index contributed by atoms with van der Waals surface area (Å²) in [6.45, 7) is 0.